The van der Waals surface area contributed by atoms with Gasteiger partial charge in [-0.3, -0.25) is 0 Å². The van der Waals surface area contributed by atoms with Crippen molar-refractivity contribution >= 4 is 5.69 Å². The van der Waals surface area contributed by atoms with Gasteiger partial charge in [-0.1, -0.05) is 6.92 Å². The zero-order valence-electron chi connectivity index (χ0n) is 11.1. The molecule has 0 fully saturated rings. The molecule has 1 aliphatic heterocycles. The van der Waals surface area contributed by atoms with Crippen LogP contribution in [0.5, 0.6) is 11.5 Å². The van der Waals surface area contributed by atoms with Crippen LogP contribution < -0.4 is 14.4 Å². The second-order valence-electron chi connectivity index (χ2n) is 4.58. The Morgan fingerprint density at radius 2 is 2.16 bits per heavy atom. The van der Waals surface area contributed by atoms with Crippen LogP contribution in [0, 0.1) is 0 Å². The number of nitrogens with one attached hydrogen (secondary N) is 1. The largest absolute Gasteiger partial charge is 0.453 e. The Morgan fingerprint density at radius 3 is 2.89 bits per heavy atom. The van der Waals surface area contributed by atoms with Gasteiger partial charge in [-0.25, -0.2) is 4.98 Å². The van der Waals surface area contributed by atoms with Crippen LogP contribution in [-0.2, 0) is 0 Å². The Hall–Kier alpha value is -2.17. The average molecular weight is 259 g/mol. The van der Waals surface area contributed by atoms with Gasteiger partial charge in [0.1, 0.15) is 0 Å². The van der Waals surface area contributed by atoms with Crippen LogP contribution in [0.4, 0.5) is 5.69 Å². The van der Waals surface area contributed by atoms with Gasteiger partial charge in [0.2, 0.25) is 6.79 Å². The molecule has 0 saturated carbocycles. The summed E-state index contributed by atoms with van der Waals surface area (Å²) in [5.74, 6) is 1.62. The van der Waals surface area contributed by atoms with Gasteiger partial charge < -0.3 is 19.4 Å². The molecule has 0 unspecified atom stereocenters. The highest BCUT2D eigenvalue weighted by molar-refractivity contribution is 5.78. The number of nitrogens with zero attached hydrogens (tertiary/aromatic N) is 2. The van der Waals surface area contributed by atoms with Crippen molar-refractivity contribution in [1.29, 1.82) is 0 Å². The molecular weight excluding hydrogens is 242 g/mol. The number of aromatic amines is 1. The van der Waals surface area contributed by atoms with Crippen molar-refractivity contribution in [3.63, 3.8) is 0 Å². The van der Waals surface area contributed by atoms with Crippen LogP contribution in [0.3, 0.4) is 0 Å². The topological polar surface area (TPSA) is 50.4 Å². The van der Waals surface area contributed by atoms with Gasteiger partial charge in [0.05, 0.1) is 23.9 Å². The molecule has 100 valence electrons. The summed E-state index contributed by atoms with van der Waals surface area (Å²) in [5, 5.41) is 0. The summed E-state index contributed by atoms with van der Waals surface area (Å²) >= 11 is 0. The molecule has 2 heterocycles. The van der Waals surface area contributed by atoms with Crippen molar-refractivity contribution in [1.82, 2.24) is 9.97 Å². The average Bonchev–Trinajstić information content (AvgIpc) is 3.09. The summed E-state index contributed by atoms with van der Waals surface area (Å²) < 4.78 is 11.3. The van der Waals surface area contributed by atoms with Gasteiger partial charge in [0.15, 0.2) is 11.5 Å². The first-order chi connectivity index (χ1) is 9.31. The molecular formula is C14H17N3O2. The molecule has 0 radical (unpaired) electrons. The molecule has 1 N–H and O–H groups in total. The van der Waals surface area contributed by atoms with Crippen molar-refractivity contribution in [2.75, 3.05) is 25.3 Å². The molecule has 0 amide bonds. The maximum Gasteiger partial charge on any atom is 0.231 e. The van der Waals surface area contributed by atoms with Gasteiger partial charge in [0.25, 0.3) is 0 Å². The van der Waals surface area contributed by atoms with Gasteiger partial charge in [0, 0.05) is 19.2 Å². The van der Waals surface area contributed by atoms with Crippen LogP contribution in [-0.4, -0.2) is 30.4 Å². The maximum atomic E-state index is 5.64. The first-order valence-corrected chi connectivity index (χ1v) is 6.43. The number of rotatable bonds is 4. The summed E-state index contributed by atoms with van der Waals surface area (Å²) in [4.78, 5) is 9.33. The first kappa shape index (κ1) is 11.9. The Labute approximate surface area is 112 Å². The minimum absolute atomic E-state index is 0.271. The van der Waals surface area contributed by atoms with Crippen LogP contribution in [0.25, 0.3) is 11.3 Å². The fourth-order valence-corrected chi connectivity index (χ4v) is 2.35. The highest BCUT2D eigenvalue weighted by Crippen LogP contribution is 2.46. The predicted molar refractivity (Wildman–Crippen MR) is 73.7 cm³/mol. The van der Waals surface area contributed by atoms with E-state index >= 15 is 0 Å². The van der Waals surface area contributed by atoms with Crippen LogP contribution >= 0.6 is 0 Å². The molecule has 19 heavy (non-hydrogen) atoms. The molecule has 0 aliphatic carbocycles. The van der Waals surface area contributed by atoms with Crippen molar-refractivity contribution in [3.05, 3.63) is 24.7 Å². The van der Waals surface area contributed by atoms with E-state index in [1.165, 1.54) is 0 Å². The summed E-state index contributed by atoms with van der Waals surface area (Å²) in [5.41, 5.74) is 2.99. The first-order valence-electron chi connectivity index (χ1n) is 6.43. The Kier molecular flexibility index (Phi) is 3.03. The van der Waals surface area contributed by atoms with Crippen LogP contribution in [0.15, 0.2) is 24.7 Å². The third-order valence-electron chi connectivity index (χ3n) is 3.26. The minimum atomic E-state index is 0.271. The highest BCUT2D eigenvalue weighted by Gasteiger charge is 2.24. The normalized spacial score (nSPS) is 12.7. The SMILES string of the molecule is CCCN(C)c1ccc(-c2cnc[nH]2)c2c1OCO2. The van der Waals surface area contributed by atoms with Gasteiger partial charge >= 0.3 is 0 Å². The van der Waals surface area contributed by atoms with Gasteiger partial charge in [-0.15, -0.1) is 0 Å². The van der Waals surface area contributed by atoms with E-state index in [1.807, 2.05) is 6.07 Å². The van der Waals surface area contributed by atoms with Gasteiger partial charge in [-0.05, 0) is 18.6 Å². The number of imidazole rings is 1. The van der Waals surface area contributed by atoms with Crippen molar-refractivity contribution in [3.8, 4) is 22.8 Å². The Bertz CT molecular complexity index is 566. The minimum Gasteiger partial charge on any atom is -0.453 e. The molecule has 0 spiro atoms. The van der Waals surface area contributed by atoms with E-state index in [-0.39, 0.29) is 6.79 Å². The molecule has 1 aromatic carbocycles. The van der Waals surface area contributed by atoms with Crippen LogP contribution in [0.2, 0.25) is 0 Å². The number of hydrogen-bond acceptors (Lipinski definition) is 4. The standard InChI is InChI=1S/C14H17N3O2/c1-3-6-17(2)12-5-4-10(11-7-15-8-16-11)13-14(12)19-9-18-13/h4-5,7-8H,3,6,9H2,1-2H3,(H,15,16). The Morgan fingerprint density at radius 1 is 1.32 bits per heavy atom. The fraction of sp³-hybridized carbons (Fsp3) is 0.357. The third-order valence-corrected chi connectivity index (χ3v) is 3.26. The van der Waals surface area contributed by atoms with E-state index in [9.17, 15) is 0 Å². The zero-order chi connectivity index (χ0) is 13.2. The zero-order valence-corrected chi connectivity index (χ0v) is 11.1. The molecule has 0 saturated heterocycles. The molecule has 5 nitrogen and oxygen atoms in total. The lowest BCUT2D eigenvalue weighted by atomic mass is 10.1. The van der Waals surface area contributed by atoms with Gasteiger partial charge in [-0.2, -0.15) is 0 Å². The molecule has 3 rings (SSSR count). The lowest BCUT2D eigenvalue weighted by Gasteiger charge is -2.20. The van der Waals surface area contributed by atoms with E-state index < -0.39 is 0 Å². The van der Waals surface area contributed by atoms with E-state index in [0.717, 1.165) is 41.4 Å². The number of aromatic nitrogens is 2. The molecule has 0 atom stereocenters. The summed E-state index contributed by atoms with van der Waals surface area (Å²) in [7, 11) is 2.07. The number of hydrogen-bond donors (Lipinski definition) is 1. The van der Waals surface area contributed by atoms with E-state index in [1.54, 1.807) is 12.5 Å². The molecule has 0 bridgehead atoms. The monoisotopic (exact) mass is 259 g/mol. The molecule has 2 aromatic rings. The highest BCUT2D eigenvalue weighted by atomic mass is 16.7. The molecule has 1 aromatic heterocycles. The second kappa shape index (κ2) is 4.84. The van der Waals surface area contributed by atoms with E-state index in [0.29, 0.717) is 0 Å². The predicted octanol–water partition coefficient (Wildman–Crippen LogP) is 2.65. The fourth-order valence-electron chi connectivity index (χ4n) is 2.35. The summed E-state index contributed by atoms with van der Waals surface area (Å²) in [6, 6.07) is 4.11. The quantitative estimate of drug-likeness (QED) is 0.917. The van der Waals surface area contributed by atoms with Crippen molar-refractivity contribution in [2.24, 2.45) is 0 Å². The second-order valence-corrected chi connectivity index (χ2v) is 4.58. The summed E-state index contributed by atoms with van der Waals surface area (Å²) in [6.07, 6.45) is 4.54. The molecule has 1 aliphatic rings. The van der Waals surface area contributed by atoms with E-state index in [4.69, 9.17) is 9.47 Å². The number of fused-ring (bicyclic) bond motifs is 1. The smallest absolute Gasteiger partial charge is 0.231 e. The van der Waals surface area contributed by atoms with Crippen molar-refractivity contribution < 1.29 is 9.47 Å². The van der Waals surface area contributed by atoms with Crippen molar-refractivity contribution in [2.45, 2.75) is 13.3 Å². The Balaban J connectivity index is 2.05. The number of benzene rings is 1. The van der Waals surface area contributed by atoms with Crippen LogP contribution in [0.1, 0.15) is 13.3 Å². The molecule has 5 heteroatoms. The number of H-pyrrole nitrogens is 1. The summed E-state index contributed by atoms with van der Waals surface area (Å²) in [6.45, 7) is 3.42. The lowest BCUT2D eigenvalue weighted by molar-refractivity contribution is 0.174. The maximum absolute atomic E-state index is 5.64. The van der Waals surface area contributed by atoms with E-state index in [2.05, 4.69) is 34.9 Å². The lowest BCUT2D eigenvalue weighted by Crippen LogP contribution is -2.18. The number of ether oxygens (including phenoxy) is 2. The number of anilines is 1. The third kappa shape index (κ3) is 2.01.